The molecule has 1 amide bonds. The van der Waals surface area contributed by atoms with E-state index in [2.05, 4.69) is 35.5 Å². The number of carbonyl (C=O) groups is 1. The van der Waals surface area contributed by atoms with Crippen LogP contribution in [0.5, 0.6) is 0 Å². The largest absolute Gasteiger partial charge is 0.333 e. The van der Waals surface area contributed by atoms with Crippen molar-refractivity contribution in [3.8, 4) is 11.4 Å². The van der Waals surface area contributed by atoms with Gasteiger partial charge in [0.25, 0.3) is 0 Å². The summed E-state index contributed by atoms with van der Waals surface area (Å²) in [5.74, 6) is 0.543. The van der Waals surface area contributed by atoms with Crippen LogP contribution in [-0.2, 0) is 11.3 Å². The summed E-state index contributed by atoms with van der Waals surface area (Å²) in [6, 6.07) is 16.9. The maximum absolute atomic E-state index is 14.6. The maximum atomic E-state index is 14.6. The quantitative estimate of drug-likeness (QED) is 0.394. The van der Waals surface area contributed by atoms with Crippen LogP contribution < -0.4 is 0 Å². The summed E-state index contributed by atoms with van der Waals surface area (Å²) < 4.78 is 16.6. The van der Waals surface area contributed by atoms with Gasteiger partial charge in [0, 0.05) is 18.1 Å². The normalized spacial score (nSPS) is 14.5. The van der Waals surface area contributed by atoms with Gasteiger partial charge in [-0.3, -0.25) is 9.36 Å². The van der Waals surface area contributed by atoms with E-state index in [1.54, 1.807) is 12.1 Å². The van der Waals surface area contributed by atoms with Crippen molar-refractivity contribution in [1.29, 1.82) is 0 Å². The first-order valence-corrected chi connectivity index (χ1v) is 12.5. The first-order valence-electron chi connectivity index (χ1n) is 11.5. The summed E-state index contributed by atoms with van der Waals surface area (Å²) in [6.45, 7) is 6.71. The lowest BCUT2D eigenvalue weighted by Gasteiger charge is -2.36. The van der Waals surface area contributed by atoms with E-state index < -0.39 is 0 Å². The van der Waals surface area contributed by atoms with Gasteiger partial charge in [-0.15, -0.1) is 10.2 Å². The predicted octanol–water partition coefficient (Wildman–Crippen LogP) is 6.12. The van der Waals surface area contributed by atoms with Crippen molar-refractivity contribution < 1.29 is 9.18 Å². The Hall–Kier alpha value is -2.67. The molecule has 0 saturated heterocycles. The van der Waals surface area contributed by atoms with Crippen LogP contribution in [0.3, 0.4) is 0 Å². The molecule has 1 heterocycles. The summed E-state index contributed by atoms with van der Waals surface area (Å²) in [6.07, 6.45) is 4.31. The van der Waals surface area contributed by atoms with E-state index in [0.29, 0.717) is 23.1 Å². The molecule has 1 aliphatic rings. The lowest BCUT2D eigenvalue weighted by molar-refractivity contribution is -0.133. The van der Waals surface area contributed by atoms with E-state index in [9.17, 15) is 9.18 Å². The zero-order valence-corrected chi connectivity index (χ0v) is 20.3. The number of carbonyl (C=O) groups excluding carboxylic acids is 1. The second kappa shape index (κ2) is 10.1. The predicted molar refractivity (Wildman–Crippen MR) is 130 cm³/mol. The zero-order chi connectivity index (χ0) is 23.4. The van der Waals surface area contributed by atoms with Crippen molar-refractivity contribution >= 4 is 17.7 Å². The van der Waals surface area contributed by atoms with E-state index >= 15 is 0 Å². The van der Waals surface area contributed by atoms with Gasteiger partial charge in [-0.1, -0.05) is 67.1 Å². The minimum atomic E-state index is -0.315. The number of nitrogens with zero attached hydrogens (tertiary/aromatic N) is 4. The lowest BCUT2D eigenvalue weighted by atomic mass is 10.0. The third-order valence-electron chi connectivity index (χ3n) is 6.09. The summed E-state index contributed by atoms with van der Waals surface area (Å²) in [4.78, 5) is 15.2. The smallest absolute Gasteiger partial charge is 0.233 e. The molecule has 1 aliphatic carbocycles. The van der Waals surface area contributed by atoms with Gasteiger partial charge in [0.2, 0.25) is 5.91 Å². The number of thioether (sulfide) groups is 1. The van der Waals surface area contributed by atoms with Crippen molar-refractivity contribution in [2.24, 2.45) is 0 Å². The van der Waals surface area contributed by atoms with Crippen LogP contribution in [0.25, 0.3) is 11.4 Å². The van der Waals surface area contributed by atoms with Crippen molar-refractivity contribution in [3.05, 3.63) is 66.0 Å². The molecule has 4 rings (SSSR count). The third-order valence-corrected chi connectivity index (χ3v) is 7.02. The molecule has 174 valence electrons. The number of rotatable bonds is 7. The van der Waals surface area contributed by atoms with Gasteiger partial charge in [0.05, 0.1) is 11.3 Å². The monoisotopic (exact) mass is 466 g/mol. The number of amides is 1. The average molecular weight is 467 g/mol. The zero-order valence-electron chi connectivity index (χ0n) is 19.5. The number of halogens is 1. The summed E-state index contributed by atoms with van der Waals surface area (Å²) >= 11 is 1.39. The fourth-order valence-electron chi connectivity index (χ4n) is 4.36. The number of benzene rings is 2. The third kappa shape index (κ3) is 5.46. The fraction of sp³-hybridized carbons (Fsp3) is 0.423. The van der Waals surface area contributed by atoms with Gasteiger partial charge in [-0.2, -0.15) is 0 Å². The lowest BCUT2D eigenvalue weighted by Crippen LogP contribution is -2.46. The van der Waals surface area contributed by atoms with Gasteiger partial charge in [0.15, 0.2) is 11.0 Å². The number of hydrogen-bond acceptors (Lipinski definition) is 4. The number of hydrogen-bond donors (Lipinski definition) is 0. The van der Waals surface area contributed by atoms with E-state index in [1.165, 1.54) is 17.8 Å². The van der Waals surface area contributed by atoms with Crippen molar-refractivity contribution in [1.82, 2.24) is 19.7 Å². The molecule has 3 aromatic rings. The van der Waals surface area contributed by atoms with E-state index in [1.807, 2.05) is 41.3 Å². The molecule has 0 aliphatic heterocycles. The summed E-state index contributed by atoms with van der Waals surface area (Å²) in [5, 5.41) is 9.44. The van der Waals surface area contributed by atoms with Crippen molar-refractivity contribution in [3.63, 3.8) is 0 Å². The Balaban J connectivity index is 1.57. The highest BCUT2D eigenvalue weighted by Gasteiger charge is 2.29. The van der Waals surface area contributed by atoms with Crippen LogP contribution >= 0.6 is 11.8 Å². The molecular weight excluding hydrogens is 435 g/mol. The summed E-state index contributed by atoms with van der Waals surface area (Å²) in [7, 11) is 0. The van der Waals surface area contributed by atoms with E-state index in [-0.39, 0.29) is 29.1 Å². The highest BCUT2D eigenvalue weighted by atomic mass is 32.2. The molecule has 1 saturated carbocycles. The molecule has 5 nitrogen and oxygen atoms in total. The molecule has 1 fully saturated rings. The average Bonchev–Trinajstić information content (AvgIpc) is 3.46. The minimum absolute atomic E-state index is 0.0461. The minimum Gasteiger partial charge on any atom is -0.333 e. The molecule has 33 heavy (non-hydrogen) atoms. The van der Waals surface area contributed by atoms with Crippen LogP contribution in [0.2, 0.25) is 0 Å². The van der Waals surface area contributed by atoms with Crippen molar-refractivity contribution in [2.45, 2.75) is 69.7 Å². The Morgan fingerprint density at radius 2 is 1.73 bits per heavy atom. The Morgan fingerprint density at radius 1 is 1.06 bits per heavy atom. The molecular formula is C26H31FN4OS. The van der Waals surface area contributed by atoms with Crippen LogP contribution in [0.15, 0.2) is 59.8 Å². The Morgan fingerprint density at radius 3 is 2.39 bits per heavy atom. The SMILES string of the molecule is CC(C)(C)N(Cc1ccccc1)C(=O)CSc1nnc(-c2ccccc2F)n1C1CCCC1. The van der Waals surface area contributed by atoms with Gasteiger partial charge in [-0.05, 0) is 51.3 Å². The van der Waals surface area contributed by atoms with Crippen LogP contribution in [0.4, 0.5) is 4.39 Å². The summed E-state index contributed by atoms with van der Waals surface area (Å²) in [5.41, 5.74) is 1.24. The highest BCUT2D eigenvalue weighted by molar-refractivity contribution is 7.99. The Bertz CT molecular complexity index is 1090. The molecule has 0 N–H and O–H groups in total. The van der Waals surface area contributed by atoms with Crippen molar-refractivity contribution in [2.75, 3.05) is 5.75 Å². The first-order chi connectivity index (χ1) is 15.8. The van der Waals surface area contributed by atoms with Gasteiger partial charge >= 0.3 is 0 Å². The molecule has 0 unspecified atom stereocenters. The maximum Gasteiger partial charge on any atom is 0.233 e. The molecule has 0 atom stereocenters. The van der Waals surface area contributed by atoms with Crippen LogP contribution in [0, 0.1) is 5.82 Å². The molecule has 1 aromatic heterocycles. The highest BCUT2D eigenvalue weighted by Crippen LogP contribution is 2.37. The first kappa shape index (κ1) is 23.5. The topological polar surface area (TPSA) is 51.0 Å². The Kier molecular flexibility index (Phi) is 7.17. The second-order valence-electron chi connectivity index (χ2n) is 9.52. The van der Waals surface area contributed by atoms with Gasteiger partial charge < -0.3 is 4.90 Å². The van der Waals surface area contributed by atoms with Gasteiger partial charge in [-0.25, -0.2) is 4.39 Å². The molecule has 7 heteroatoms. The van der Waals surface area contributed by atoms with Gasteiger partial charge in [0.1, 0.15) is 5.82 Å². The van der Waals surface area contributed by atoms with Crippen LogP contribution in [0.1, 0.15) is 58.1 Å². The number of aromatic nitrogens is 3. The van der Waals surface area contributed by atoms with Crippen LogP contribution in [-0.4, -0.2) is 36.9 Å². The molecule has 0 radical (unpaired) electrons. The fourth-order valence-corrected chi connectivity index (χ4v) is 5.24. The van der Waals surface area contributed by atoms with E-state index in [0.717, 1.165) is 31.2 Å². The molecule has 0 spiro atoms. The second-order valence-corrected chi connectivity index (χ2v) is 10.5. The molecule has 2 aromatic carbocycles. The molecule has 0 bridgehead atoms. The van der Waals surface area contributed by atoms with E-state index in [4.69, 9.17) is 0 Å². The Labute approximate surface area is 199 Å². The standard InChI is InChI=1S/C26H31FN4OS/c1-26(2,3)30(17-19-11-5-4-6-12-19)23(32)18-33-25-29-28-24(21-15-9-10-16-22(21)27)31(25)20-13-7-8-14-20/h4-6,9-12,15-16,20H,7-8,13-14,17-18H2,1-3H3.